The van der Waals surface area contributed by atoms with E-state index in [1.807, 2.05) is 22.7 Å². The largest absolute Gasteiger partial charge is 0.354 e. The van der Waals surface area contributed by atoms with Crippen LogP contribution in [0.5, 0.6) is 0 Å². The molecule has 5 aromatic heterocycles. The summed E-state index contributed by atoms with van der Waals surface area (Å²) < 4.78 is 18.9. The molecule has 0 aliphatic rings. The van der Waals surface area contributed by atoms with Gasteiger partial charge in [0.25, 0.3) is 0 Å². The third-order valence-electron chi connectivity index (χ3n) is 8.13. The van der Waals surface area contributed by atoms with E-state index in [1.54, 1.807) is 0 Å². The average Bonchev–Trinajstić information content (AvgIpc) is 3.79. The van der Waals surface area contributed by atoms with Crippen LogP contribution >= 0.6 is 46.1 Å². The van der Waals surface area contributed by atoms with E-state index in [-0.39, 0.29) is 10.8 Å². The SMILES string of the molecule is CCC(C)(C)c1ccc(-c2ccc(-c3ccc(-c4ccc(-c5ccc(C(C)(C)C)s5)c5nsnc45)[nH]3)c3nsnc23)s1. The molecule has 5 nitrogen and oxygen atoms in total. The summed E-state index contributed by atoms with van der Waals surface area (Å²) in [5.41, 5.74) is 10.5. The van der Waals surface area contributed by atoms with Crippen molar-refractivity contribution in [3.05, 3.63) is 70.4 Å². The molecule has 0 aliphatic carbocycles. The van der Waals surface area contributed by atoms with Crippen LogP contribution in [0, 0.1) is 0 Å². The highest BCUT2D eigenvalue weighted by Gasteiger charge is 2.23. The van der Waals surface area contributed by atoms with Crippen LogP contribution in [0.4, 0.5) is 0 Å². The van der Waals surface area contributed by atoms with E-state index in [2.05, 4.69) is 107 Å². The first-order valence-electron chi connectivity index (χ1n) is 14.1. The molecule has 0 saturated heterocycles. The van der Waals surface area contributed by atoms with Crippen LogP contribution < -0.4 is 0 Å². The summed E-state index contributed by atoms with van der Waals surface area (Å²) in [6, 6.07) is 21.9. The van der Waals surface area contributed by atoms with Crippen LogP contribution in [-0.2, 0) is 10.8 Å². The van der Waals surface area contributed by atoms with Gasteiger partial charge in [0, 0.05) is 53.2 Å². The van der Waals surface area contributed by atoms with Crippen molar-refractivity contribution in [3.63, 3.8) is 0 Å². The van der Waals surface area contributed by atoms with Gasteiger partial charge in [-0.1, -0.05) is 53.7 Å². The van der Waals surface area contributed by atoms with Crippen molar-refractivity contribution in [2.24, 2.45) is 0 Å². The van der Waals surface area contributed by atoms with Crippen molar-refractivity contribution in [1.29, 1.82) is 0 Å². The first kappa shape index (κ1) is 27.6. The van der Waals surface area contributed by atoms with Crippen LogP contribution in [0.1, 0.15) is 57.7 Å². The van der Waals surface area contributed by atoms with Gasteiger partial charge in [-0.3, -0.25) is 0 Å². The fraction of sp³-hybridized carbons (Fsp3) is 0.273. The second-order valence-corrected chi connectivity index (χ2v) is 15.6. The number of nitrogens with zero attached hydrogens (tertiary/aromatic N) is 4. The van der Waals surface area contributed by atoms with E-state index in [1.165, 1.54) is 43.0 Å². The number of thiophene rings is 2. The molecular weight excluding hydrogens is 595 g/mol. The zero-order chi connectivity index (χ0) is 29.2. The summed E-state index contributed by atoms with van der Waals surface area (Å²) in [6.45, 7) is 13.6. The minimum absolute atomic E-state index is 0.123. The smallest absolute Gasteiger partial charge is 0.114 e. The Morgan fingerprint density at radius 1 is 0.548 bits per heavy atom. The Hall–Kier alpha value is -3.24. The first-order valence-corrected chi connectivity index (χ1v) is 17.1. The maximum atomic E-state index is 4.74. The van der Waals surface area contributed by atoms with Crippen molar-refractivity contribution in [2.75, 3.05) is 0 Å². The minimum atomic E-state index is 0.123. The molecule has 0 unspecified atom stereocenters. The van der Waals surface area contributed by atoms with E-state index in [4.69, 9.17) is 17.5 Å². The normalized spacial score (nSPS) is 12.6. The molecule has 0 fully saturated rings. The summed E-state index contributed by atoms with van der Waals surface area (Å²) in [6.07, 6.45) is 1.10. The number of rotatable bonds is 6. The molecule has 7 aromatic rings. The highest BCUT2D eigenvalue weighted by Crippen LogP contribution is 2.43. The lowest BCUT2D eigenvalue weighted by molar-refractivity contribution is 0.517. The molecule has 9 heteroatoms. The number of fused-ring (bicyclic) bond motifs is 2. The van der Waals surface area contributed by atoms with Crippen molar-refractivity contribution in [3.8, 4) is 43.4 Å². The van der Waals surface area contributed by atoms with Crippen LogP contribution in [0.2, 0.25) is 0 Å². The van der Waals surface area contributed by atoms with E-state index in [0.717, 1.165) is 62.1 Å². The molecule has 212 valence electrons. The number of H-pyrrole nitrogens is 1. The maximum absolute atomic E-state index is 4.74. The molecule has 0 aliphatic heterocycles. The Morgan fingerprint density at radius 3 is 1.43 bits per heavy atom. The number of aromatic amines is 1. The van der Waals surface area contributed by atoms with Crippen molar-refractivity contribution in [2.45, 2.75) is 58.8 Å². The molecule has 5 heterocycles. The molecule has 7 rings (SSSR count). The van der Waals surface area contributed by atoms with Crippen LogP contribution in [0.3, 0.4) is 0 Å². The monoisotopic (exact) mass is 625 g/mol. The maximum Gasteiger partial charge on any atom is 0.114 e. The van der Waals surface area contributed by atoms with Crippen molar-refractivity contribution >= 4 is 68.2 Å². The Kier molecular flexibility index (Phi) is 6.69. The van der Waals surface area contributed by atoms with Gasteiger partial charge in [-0.25, -0.2) is 0 Å². The molecule has 0 radical (unpaired) electrons. The van der Waals surface area contributed by atoms with Gasteiger partial charge in [-0.05, 0) is 65.8 Å². The topological polar surface area (TPSA) is 67.3 Å². The predicted molar refractivity (Wildman–Crippen MR) is 182 cm³/mol. The quantitative estimate of drug-likeness (QED) is 0.200. The zero-order valence-electron chi connectivity index (χ0n) is 24.4. The van der Waals surface area contributed by atoms with Gasteiger partial charge in [0.2, 0.25) is 0 Å². The van der Waals surface area contributed by atoms with Gasteiger partial charge in [-0.2, -0.15) is 17.5 Å². The highest BCUT2D eigenvalue weighted by molar-refractivity contribution is 7.16. The highest BCUT2D eigenvalue weighted by atomic mass is 32.1. The van der Waals surface area contributed by atoms with E-state index in [0.29, 0.717) is 0 Å². The summed E-state index contributed by atoms with van der Waals surface area (Å²) in [5, 5.41) is 0. The number of hydrogen-bond donors (Lipinski definition) is 1. The van der Waals surface area contributed by atoms with Gasteiger partial charge >= 0.3 is 0 Å². The van der Waals surface area contributed by atoms with Gasteiger partial charge in [0.1, 0.15) is 22.1 Å². The average molecular weight is 626 g/mol. The standard InChI is InChI=1S/C33H31N5S4/c1-7-33(5,6)27-17-15-25(40-27)21-11-9-19(29-31(21)38-42-36-29)23-13-12-22(34-23)18-8-10-20(30-28(18)35-41-37-30)24-14-16-26(39-24)32(2,3)4/h8-17,34H,7H2,1-6H3. The minimum Gasteiger partial charge on any atom is -0.354 e. The molecule has 0 saturated carbocycles. The predicted octanol–water partition coefficient (Wildman–Crippen LogP) is 10.8. The number of hydrogen-bond acceptors (Lipinski definition) is 8. The number of nitrogens with one attached hydrogen (secondary N) is 1. The lowest BCUT2D eigenvalue weighted by Crippen LogP contribution is -2.12. The van der Waals surface area contributed by atoms with E-state index < -0.39 is 0 Å². The summed E-state index contributed by atoms with van der Waals surface area (Å²) >= 11 is 6.24. The van der Waals surface area contributed by atoms with Crippen LogP contribution in [0.25, 0.3) is 65.5 Å². The fourth-order valence-electron chi connectivity index (χ4n) is 5.18. The van der Waals surface area contributed by atoms with Gasteiger partial charge in [0.15, 0.2) is 0 Å². The summed E-state index contributed by atoms with van der Waals surface area (Å²) in [5.74, 6) is 0. The number of aromatic nitrogens is 5. The van der Waals surface area contributed by atoms with Gasteiger partial charge in [0.05, 0.1) is 23.5 Å². The Morgan fingerprint density at radius 2 is 0.976 bits per heavy atom. The third kappa shape index (κ3) is 4.63. The Bertz CT molecular complexity index is 2060. The Labute approximate surface area is 262 Å². The summed E-state index contributed by atoms with van der Waals surface area (Å²) in [7, 11) is 0. The van der Waals surface area contributed by atoms with Crippen LogP contribution in [0.15, 0.2) is 60.7 Å². The lowest BCUT2D eigenvalue weighted by Gasteiger charge is -2.20. The molecule has 0 atom stereocenters. The molecule has 42 heavy (non-hydrogen) atoms. The zero-order valence-corrected chi connectivity index (χ0v) is 27.7. The molecular formula is C33H31N5S4. The van der Waals surface area contributed by atoms with Gasteiger partial charge in [-0.15, -0.1) is 22.7 Å². The number of benzene rings is 2. The summed E-state index contributed by atoms with van der Waals surface area (Å²) in [4.78, 5) is 8.89. The lowest BCUT2D eigenvalue weighted by atomic mass is 9.89. The third-order valence-corrected chi connectivity index (χ3v) is 12.2. The first-order chi connectivity index (χ1) is 20.1. The second-order valence-electron chi connectivity index (χ2n) is 12.3. The second kappa shape index (κ2) is 10.2. The molecule has 2 aromatic carbocycles. The fourth-order valence-corrected chi connectivity index (χ4v) is 8.62. The molecule has 0 amide bonds. The molecule has 1 N–H and O–H groups in total. The van der Waals surface area contributed by atoms with Gasteiger partial charge < -0.3 is 4.98 Å². The van der Waals surface area contributed by atoms with Crippen molar-refractivity contribution < 1.29 is 0 Å². The molecule has 0 bridgehead atoms. The molecule has 0 spiro atoms. The van der Waals surface area contributed by atoms with E-state index in [9.17, 15) is 0 Å². The van der Waals surface area contributed by atoms with Crippen molar-refractivity contribution in [1.82, 2.24) is 22.5 Å². The van der Waals surface area contributed by atoms with E-state index >= 15 is 0 Å². The Balaban J connectivity index is 1.25. The van der Waals surface area contributed by atoms with Crippen LogP contribution in [-0.4, -0.2) is 22.5 Å².